The van der Waals surface area contributed by atoms with Crippen LogP contribution in [0.5, 0.6) is 0 Å². The van der Waals surface area contributed by atoms with E-state index in [9.17, 15) is 9.90 Å². The van der Waals surface area contributed by atoms with Crippen LogP contribution in [-0.2, 0) is 11.3 Å². The second-order valence-corrected chi connectivity index (χ2v) is 11.4. The fourth-order valence-electron chi connectivity index (χ4n) is 8.39. The quantitative estimate of drug-likeness (QED) is 0.805. The highest BCUT2D eigenvalue weighted by Gasteiger charge is 2.58. The third-order valence-electron chi connectivity index (χ3n) is 9.71. The molecule has 0 bridgehead atoms. The normalized spacial score (nSPS) is 45.1. The summed E-state index contributed by atoms with van der Waals surface area (Å²) in [6, 6.07) is 2.09. The smallest absolute Gasteiger partial charge is 0.157 e. The van der Waals surface area contributed by atoms with Crippen LogP contribution in [0.1, 0.15) is 77.2 Å². The standard InChI is InChI=1S/C25H35N3O2/c1-24(30)9-7-18-17(11-24)3-4-20-19(18)8-10-25(2)21(20)5-6-22(25)23(29)15-28-14-16(12-26)13-27-28/h13-14,17-22,30H,3-11,15H2,1-2H3/t17?,18?,19-,20?,21+,22-,24-,25+/m1/s1. The van der Waals surface area contributed by atoms with Gasteiger partial charge in [0, 0.05) is 12.1 Å². The topological polar surface area (TPSA) is 78.9 Å². The zero-order valence-corrected chi connectivity index (χ0v) is 18.4. The van der Waals surface area contributed by atoms with Gasteiger partial charge in [0.05, 0.1) is 23.9 Å². The van der Waals surface area contributed by atoms with Crippen LogP contribution in [0, 0.1) is 52.3 Å². The molecule has 5 rings (SSSR count). The van der Waals surface area contributed by atoms with Gasteiger partial charge in [0.25, 0.3) is 0 Å². The molecule has 4 saturated carbocycles. The lowest BCUT2D eigenvalue weighted by molar-refractivity contribution is -0.133. The van der Waals surface area contributed by atoms with Gasteiger partial charge < -0.3 is 5.11 Å². The summed E-state index contributed by atoms with van der Waals surface area (Å²) in [6.45, 7) is 4.72. The average Bonchev–Trinajstić information content (AvgIpc) is 3.30. The zero-order valence-electron chi connectivity index (χ0n) is 18.4. The van der Waals surface area contributed by atoms with E-state index in [1.54, 1.807) is 10.9 Å². The molecule has 1 heterocycles. The van der Waals surface area contributed by atoms with Crippen LogP contribution in [0.25, 0.3) is 0 Å². The van der Waals surface area contributed by atoms with Crippen LogP contribution in [-0.4, -0.2) is 26.3 Å². The van der Waals surface area contributed by atoms with Crippen molar-refractivity contribution >= 4 is 5.78 Å². The SMILES string of the molecule is C[C@@]1(O)CCC2C(CCC3[C@@H]2CC[C@]2(C)[C@@H](C(=O)Cn4cc(C#N)cn4)CC[C@@H]32)C1. The van der Waals surface area contributed by atoms with Gasteiger partial charge >= 0.3 is 0 Å². The maximum atomic E-state index is 13.3. The molecular formula is C25H35N3O2. The highest BCUT2D eigenvalue weighted by Crippen LogP contribution is 2.64. The van der Waals surface area contributed by atoms with Crippen molar-refractivity contribution in [3.8, 4) is 6.07 Å². The van der Waals surface area contributed by atoms with Gasteiger partial charge in [-0.25, -0.2) is 0 Å². The van der Waals surface area contributed by atoms with E-state index in [1.807, 2.05) is 6.92 Å². The molecule has 4 aliphatic rings. The largest absolute Gasteiger partial charge is 0.390 e. The number of carbonyl (C=O) groups excluding carboxylic acids is 1. The monoisotopic (exact) mass is 409 g/mol. The summed E-state index contributed by atoms with van der Waals surface area (Å²) in [5.41, 5.74) is 0.179. The third kappa shape index (κ3) is 3.23. The maximum Gasteiger partial charge on any atom is 0.157 e. The van der Waals surface area contributed by atoms with Gasteiger partial charge in [0.15, 0.2) is 5.78 Å². The summed E-state index contributed by atoms with van der Waals surface area (Å²) in [5.74, 6) is 4.15. The van der Waals surface area contributed by atoms with Crippen molar-refractivity contribution in [1.82, 2.24) is 9.78 Å². The first-order chi connectivity index (χ1) is 14.3. The molecule has 5 nitrogen and oxygen atoms in total. The minimum atomic E-state index is -0.458. The lowest BCUT2D eigenvalue weighted by Gasteiger charge is -2.56. The number of ketones is 1. The van der Waals surface area contributed by atoms with Crippen LogP contribution < -0.4 is 0 Å². The second-order valence-electron chi connectivity index (χ2n) is 11.4. The number of aromatic nitrogens is 2. The molecule has 3 unspecified atom stereocenters. The van der Waals surface area contributed by atoms with Crippen LogP contribution >= 0.6 is 0 Å². The number of nitriles is 1. The van der Waals surface area contributed by atoms with E-state index < -0.39 is 5.60 Å². The van der Waals surface area contributed by atoms with Gasteiger partial charge in [-0.2, -0.15) is 10.4 Å². The lowest BCUT2D eigenvalue weighted by atomic mass is 9.49. The van der Waals surface area contributed by atoms with Crippen molar-refractivity contribution in [1.29, 1.82) is 5.26 Å². The highest BCUT2D eigenvalue weighted by molar-refractivity contribution is 5.82. The molecule has 1 aromatic heterocycles. The van der Waals surface area contributed by atoms with E-state index >= 15 is 0 Å². The van der Waals surface area contributed by atoms with Crippen LogP contribution in [0.4, 0.5) is 0 Å². The minimum absolute atomic E-state index is 0.121. The Kier molecular flexibility index (Phi) is 4.85. The Morgan fingerprint density at radius 2 is 1.97 bits per heavy atom. The number of nitrogens with zero attached hydrogens (tertiary/aromatic N) is 3. The summed E-state index contributed by atoms with van der Waals surface area (Å²) in [6.07, 6.45) is 13.5. The van der Waals surface area contributed by atoms with Crippen molar-refractivity contribution in [2.24, 2.45) is 40.9 Å². The molecule has 0 saturated heterocycles. The van der Waals surface area contributed by atoms with Crippen LogP contribution in [0.2, 0.25) is 0 Å². The Morgan fingerprint density at radius 1 is 1.17 bits per heavy atom. The summed E-state index contributed by atoms with van der Waals surface area (Å²) >= 11 is 0. The van der Waals surface area contributed by atoms with Gasteiger partial charge in [0.2, 0.25) is 0 Å². The molecular weight excluding hydrogens is 374 g/mol. The van der Waals surface area contributed by atoms with E-state index in [4.69, 9.17) is 5.26 Å². The summed E-state index contributed by atoms with van der Waals surface area (Å²) in [5, 5.41) is 23.8. The fourth-order valence-corrected chi connectivity index (χ4v) is 8.39. The Hall–Kier alpha value is -1.67. The Morgan fingerprint density at radius 3 is 2.73 bits per heavy atom. The van der Waals surface area contributed by atoms with Crippen LogP contribution in [0.15, 0.2) is 12.4 Å². The molecule has 0 radical (unpaired) electrons. The number of fused-ring (bicyclic) bond motifs is 5. The van der Waals surface area contributed by atoms with Crippen LogP contribution in [0.3, 0.4) is 0 Å². The number of carbonyl (C=O) groups is 1. The molecule has 1 N–H and O–H groups in total. The number of hydrogen-bond acceptors (Lipinski definition) is 4. The molecule has 0 aromatic carbocycles. The van der Waals surface area contributed by atoms with Crippen molar-refractivity contribution in [2.75, 3.05) is 0 Å². The van der Waals surface area contributed by atoms with Crippen molar-refractivity contribution in [3.05, 3.63) is 18.0 Å². The maximum absolute atomic E-state index is 13.3. The van der Waals surface area contributed by atoms with Gasteiger partial charge in [0.1, 0.15) is 6.07 Å². The molecule has 0 spiro atoms. The highest BCUT2D eigenvalue weighted by atomic mass is 16.3. The first kappa shape index (κ1) is 20.2. The summed E-state index contributed by atoms with van der Waals surface area (Å²) < 4.78 is 1.64. The molecule has 5 heteroatoms. The minimum Gasteiger partial charge on any atom is -0.390 e. The molecule has 162 valence electrons. The summed E-state index contributed by atoms with van der Waals surface area (Å²) in [4.78, 5) is 13.3. The van der Waals surface area contributed by atoms with E-state index in [0.29, 0.717) is 29.7 Å². The van der Waals surface area contributed by atoms with Gasteiger partial charge in [-0.15, -0.1) is 0 Å². The van der Waals surface area contributed by atoms with E-state index in [2.05, 4.69) is 18.1 Å². The fraction of sp³-hybridized carbons (Fsp3) is 0.800. The average molecular weight is 410 g/mol. The van der Waals surface area contributed by atoms with Crippen molar-refractivity contribution < 1.29 is 9.90 Å². The van der Waals surface area contributed by atoms with Crippen molar-refractivity contribution in [3.63, 3.8) is 0 Å². The Balaban J connectivity index is 1.30. The first-order valence-electron chi connectivity index (χ1n) is 12.0. The molecule has 0 amide bonds. The molecule has 0 aliphatic heterocycles. The van der Waals surface area contributed by atoms with E-state index in [-0.39, 0.29) is 11.3 Å². The second kappa shape index (κ2) is 7.19. The molecule has 4 aliphatic carbocycles. The third-order valence-corrected chi connectivity index (χ3v) is 9.71. The Bertz CT molecular complexity index is 868. The summed E-state index contributed by atoms with van der Waals surface area (Å²) in [7, 11) is 0. The number of Topliss-reactive ketones (excluding diaryl/α,β-unsaturated/α-hetero) is 1. The molecule has 30 heavy (non-hydrogen) atoms. The first-order valence-corrected chi connectivity index (χ1v) is 12.0. The van der Waals surface area contributed by atoms with Gasteiger partial charge in [-0.1, -0.05) is 6.92 Å². The molecule has 8 atom stereocenters. The number of hydrogen-bond donors (Lipinski definition) is 1. The zero-order chi connectivity index (χ0) is 21.1. The number of aliphatic hydroxyl groups is 1. The van der Waals surface area contributed by atoms with E-state index in [0.717, 1.165) is 43.4 Å². The predicted molar refractivity (Wildman–Crippen MR) is 113 cm³/mol. The number of rotatable bonds is 3. The van der Waals surface area contributed by atoms with E-state index in [1.165, 1.54) is 38.3 Å². The predicted octanol–water partition coefficient (Wildman–Crippen LogP) is 4.34. The molecule has 1 aromatic rings. The van der Waals surface area contributed by atoms with Gasteiger partial charge in [-0.3, -0.25) is 9.48 Å². The van der Waals surface area contributed by atoms with Gasteiger partial charge in [-0.05, 0) is 99.7 Å². The lowest BCUT2D eigenvalue weighted by Crippen LogP contribution is -2.51. The molecule has 4 fully saturated rings. The van der Waals surface area contributed by atoms with Crippen molar-refractivity contribution in [2.45, 2.75) is 83.8 Å². The Labute approximate surface area is 179 Å².